The molecule has 0 unspecified atom stereocenters. The molecule has 7 nitrogen and oxygen atoms in total. The van der Waals surface area contributed by atoms with Gasteiger partial charge in [0.05, 0.1) is 18.4 Å². The molecule has 0 aliphatic heterocycles. The molecule has 7 heteroatoms. The largest absolute Gasteiger partial charge is 0.493 e. The van der Waals surface area contributed by atoms with Gasteiger partial charge in [0, 0.05) is 37.5 Å². The first-order valence-electron chi connectivity index (χ1n) is 7.83. The van der Waals surface area contributed by atoms with Crippen molar-refractivity contribution in [2.75, 3.05) is 25.6 Å². The van der Waals surface area contributed by atoms with Crippen LogP contribution in [0.25, 0.3) is 0 Å². The highest BCUT2D eigenvalue weighted by molar-refractivity contribution is 6.06. The van der Waals surface area contributed by atoms with Crippen molar-refractivity contribution >= 4 is 17.6 Å². The lowest BCUT2D eigenvalue weighted by atomic mass is 10.1. The van der Waals surface area contributed by atoms with Gasteiger partial charge in [-0.1, -0.05) is 6.07 Å². The molecule has 0 radical (unpaired) electrons. The number of carbonyl (C=O) groups is 2. The number of hydrogen-bond donors (Lipinski definition) is 2. The third-order valence-corrected chi connectivity index (χ3v) is 3.44. The minimum Gasteiger partial charge on any atom is -0.493 e. The van der Waals surface area contributed by atoms with Crippen molar-refractivity contribution in [2.45, 2.75) is 19.8 Å². The number of amides is 1. The maximum Gasteiger partial charge on any atom is 0.311 e. The SMILES string of the molecule is COCCCOc1cccc(NC(=O)c2c(C)coc2CC(=O)O)c1. The van der Waals surface area contributed by atoms with E-state index in [4.69, 9.17) is 19.0 Å². The van der Waals surface area contributed by atoms with Gasteiger partial charge in [-0.3, -0.25) is 9.59 Å². The number of carbonyl (C=O) groups excluding carboxylic acids is 1. The number of hydrogen-bond acceptors (Lipinski definition) is 5. The fourth-order valence-corrected chi connectivity index (χ4v) is 2.32. The highest BCUT2D eigenvalue weighted by Crippen LogP contribution is 2.22. The fourth-order valence-electron chi connectivity index (χ4n) is 2.32. The number of nitrogens with one attached hydrogen (secondary N) is 1. The first-order valence-corrected chi connectivity index (χ1v) is 7.83. The number of anilines is 1. The Hall–Kier alpha value is -2.80. The summed E-state index contributed by atoms with van der Waals surface area (Å²) in [7, 11) is 1.63. The van der Waals surface area contributed by atoms with Crippen LogP contribution in [0.15, 0.2) is 34.9 Å². The Bertz CT molecular complexity index is 737. The van der Waals surface area contributed by atoms with Gasteiger partial charge in [0.2, 0.25) is 0 Å². The summed E-state index contributed by atoms with van der Waals surface area (Å²) in [6, 6.07) is 6.99. The van der Waals surface area contributed by atoms with Gasteiger partial charge in [-0.25, -0.2) is 0 Å². The second kappa shape index (κ2) is 8.89. The summed E-state index contributed by atoms with van der Waals surface area (Å²) in [4.78, 5) is 23.4. The second-order valence-electron chi connectivity index (χ2n) is 5.46. The number of ether oxygens (including phenoxy) is 2. The number of carboxylic acids is 1. The van der Waals surface area contributed by atoms with Crippen LogP contribution in [0.2, 0.25) is 0 Å². The highest BCUT2D eigenvalue weighted by atomic mass is 16.5. The topological polar surface area (TPSA) is 98.0 Å². The molecular weight excluding hydrogens is 326 g/mol. The number of furan rings is 1. The molecular formula is C18H21NO6. The van der Waals surface area contributed by atoms with Crippen LogP contribution < -0.4 is 10.1 Å². The van der Waals surface area contributed by atoms with E-state index in [0.29, 0.717) is 30.2 Å². The van der Waals surface area contributed by atoms with Crippen molar-refractivity contribution in [3.05, 3.63) is 47.4 Å². The molecule has 0 saturated carbocycles. The summed E-state index contributed by atoms with van der Waals surface area (Å²) in [5, 5.41) is 11.7. The molecule has 25 heavy (non-hydrogen) atoms. The summed E-state index contributed by atoms with van der Waals surface area (Å²) in [6.45, 7) is 2.82. The van der Waals surface area contributed by atoms with Crippen molar-refractivity contribution in [3.8, 4) is 5.75 Å². The summed E-state index contributed by atoms with van der Waals surface area (Å²) >= 11 is 0. The minimum absolute atomic E-state index is 0.134. The molecule has 1 amide bonds. The Morgan fingerprint density at radius 1 is 1.28 bits per heavy atom. The Kier molecular flexibility index (Phi) is 6.59. The standard InChI is InChI=1S/C18H21NO6/c1-12-11-25-15(10-16(20)21)17(12)18(22)19-13-5-3-6-14(9-13)24-8-4-7-23-2/h3,5-6,9,11H,4,7-8,10H2,1-2H3,(H,19,22)(H,20,21). The van der Waals surface area contributed by atoms with Crippen LogP contribution >= 0.6 is 0 Å². The lowest BCUT2D eigenvalue weighted by molar-refractivity contribution is -0.136. The molecule has 0 fully saturated rings. The van der Waals surface area contributed by atoms with E-state index in [-0.39, 0.29) is 17.7 Å². The number of aryl methyl sites for hydroxylation is 1. The van der Waals surface area contributed by atoms with Gasteiger partial charge in [-0.2, -0.15) is 0 Å². The Balaban J connectivity index is 2.06. The second-order valence-corrected chi connectivity index (χ2v) is 5.46. The maximum atomic E-state index is 12.5. The fraction of sp³-hybridized carbons (Fsp3) is 0.333. The number of rotatable bonds is 9. The molecule has 134 valence electrons. The summed E-state index contributed by atoms with van der Waals surface area (Å²) < 4.78 is 15.7. The van der Waals surface area contributed by atoms with Crippen molar-refractivity contribution in [1.29, 1.82) is 0 Å². The van der Waals surface area contributed by atoms with Crippen molar-refractivity contribution in [3.63, 3.8) is 0 Å². The van der Waals surface area contributed by atoms with Crippen LogP contribution in [0.1, 0.15) is 28.1 Å². The van der Waals surface area contributed by atoms with Gasteiger partial charge in [0.15, 0.2) is 0 Å². The molecule has 0 saturated heterocycles. The molecule has 0 aliphatic carbocycles. The quantitative estimate of drug-likeness (QED) is 0.677. The van der Waals surface area contributed by atoms with Gasteiger partial charge in [-0.15, -0.1) is 0 Å². The molecule has 2 rings (SSSR count). The van der Waals surface area contributed by atoms with Crippen molar-refractivity contribution < 1.29 is 28.6 Å². The molecule has 1 aromatic carbocycles. The zero-order valence-corrected chi connectivity index (χ0v) is 14.2. The third-order valence-electron chi connectivity index (χ3n) is 3.44. The van der Waals surface area contributed by atoms with E-state index in [9.17, 15) is 9.59 Å². The Morgan fingerprint density at radius 2 is 2.08 bits per heavy atom. The van der Waals surface area contributed by atoms with Gasteiger partial charge < -0.3 is 24.3 Å². The van der Waals surface area contributed by atoms with Gasteiger partial charge in [0.25, 0.3) is 5.91 Å². The van der Waals surface area contributed by atoms with Crippen LogP contribution in [0.3, 0.4) is 0 Å². The third kappa shape index (κ3) is 5.36. The summed E-state index contributed by atoms with van der Waals surface area (Å²) in [5.74, 6) is -0.716. The first-order chi connectivity index (χ1) is 12.0. The molecule has 0 aliphatic rings. The lowest BCUT2D eigenvalue weighted by Gasteiger charge is -2.09. The molecule has 2 N–H and O–H groups in total. The van der Waals surface area contributed by atoms with Crippen LogP contribution in [0.5, 0.6) is 5.75 Å². The molecule has 1 heterocycles. The number of carboxylic acid groups (broad SMARTS) is 1. The van der Waals surface area contributed by atoms with Gasteiger partial charge in [-0.05, 0) is 19.1 Å². The molecule has 2 aromatic rings. The van der Waals surface area contributed by atoms with Crippen molar-refractivity contribution in [2.24, 2.45) is 0 Å². The smallest absolute Gasteiger partial charge is 0.311 e. The number of benzene rings is 1. The summed E-state index contributed by atoms with van der Waals surface area (Å²) in [6.07, 6.45) is 1.79. The molecule has 0 atom stereocenters. The summed E-state index contributed by atoms with van der Waals surface area (Å²) in [5.41, 5.74) is 1.38. The van der Waals surface area contributed by atoms with E-state index < -0.39 is 11.9 Å². The molecule has 1 aromatic heterocycles. The Morgan fingerprint density at radius 3 is 2.80 bits per heavy atom. The zero-order valence-electron chi connectivity index (χ0n) is 14.2. The van der Waals surface area contributed by atoms with Gasteiger partial charge in [0.1, 0.15) is 17.9 Å². The molecule has 0 bridgehead atoms. The van der Waals surface area contributed by atoms with Crippen LogP contribution in [0.4, 0.5) is 5.69 Å². The van der Waals surface area contributed by atoms with E-state index in [1.54, 1.807) is 38.3 Å². The normalized spacial score (nSPS) is 10.5. The average Bonchev–Trinajstić information content (AvgIpc) is 2.92. The average molecular weight is 347 g/mol. The van der Waals surface area contributed by atoms with Crippen LogP contribution in [-0.2, 0) is 16.0 Å². The monoisotopic (exact) mass is 347 g/mol. The highest BCUT2D eigenvalue weighted by Gasteiger charge is 2.20. The Labute approximate surface area is 145 Å². The predicted octanol–water partition coefficient (Wildman–Crippen LogP) is 2.88. The predicted molar refractivity (Wildman–Crippen MR) is 91.2 cm³/mol. The van der Waals surface area contributed by atoms with E-state index >= 15 is 0 Å². The van der Waals surface area contributed by atoms with E-state index in [1.165, 1.54) is 6.26 Å². The number of methoxy groups -OCH3 is 1. The van der Waals surface area contributed by atoms with E-state index in [0.717, 1.165) is 6.42 Å². The maximum absolute atomic E-state index is 12.5. The van der Waals surface area contributed by atoms with Crippen molar-refractivity contribution in [1.82, 2.24) is 0 Å². The van der Waals surface area contributed by atoms with E-state index in [2.05, 4.69) is 5.32 Å². The van der Waals surface area contributed by atoms with E-state index in [1.807, 2.05) is 0 Å². The van der Waals surface area contributed by atoms with Gasteiger partial charge >= 0.3 is 5.97 Å². The minimum atomic E-state index is -1.06. The number of aliphatic carboxylic acids is 1. The zero-order chi connectivity index (χ0) is 18.2. The lowest BCUT2D eigenvalue weighted by Crippen LogP contribution is -2.15. The van der Waals surface area contributed by atoms with Crippen LogP contribution in [0, 0.1) is 6.92 Å². The van der Waals surface area contributed by atoms with Crippen LogP contribution in [-0.4, -0.2) is 37.3 Å². The first kappa shape index (κ1) is 18.5. The molecule has 0 spiro atoms.